The molecular weight excluding hydrogens is 299 g/mol. The van der Waals surface area contributed by atoms with Gasteiger partial charge in [0, 0.05) is 16.3 Å². The summed E-state index contributed by atoms with van der Waals surface area (Å²) in [5.74, 6) is 0.628. The SMILES string of the molecule is Cc1cscc1-c1nc(Cl)c2c(C)ccc(Cl)c2n1. The Labute approximate surface area is 125 Å². The van der Waals surface area contributed by atoms with Crippen LogP contribution in [0.5, 0.6) is 0 Å². The van der Waals surface area contributed by atoms with Crippen LogP contribution in [0.2, 0.25) is 10.2 Å². The molecule has 0 atom stereocenters. The first kappa shape index (κ1) is 12.9. The lowest BCUT2D eigenvalue weighted by molar-refractivity contribution is 1.22. The predicted molar refractivity (Wildman–Crippen MR) is 82.3 cm³/mol. The van der Waals surface area contributed by atoms with E-state index in [1.165, 1.54) is 0 Å². The highest BCUT2D eigenvalue weighted by molar-refractivity contribution is 7.08. The van der Waals surface area contributed by atoms with Gasteiger partial charge in [-0.15, -0.1) is 0 Å². The first-order valence-corrected chi connectivity index (χ1v) is 7.43. The van der Waals surface area contributed by atoms with Gasteiger partial charge in [-0.05, 0) is 36.4 Å². The summed E-state index contributed by atoms with van der Waals surface area (Å²) in [5.41, 5.74) is 3.89. The number of aryl methyl sites for hydroxylation is 2. The number of thiophene rings is 1. The summed E-state index contributed by atoms with van der Waals surface area (Å²) in [6.45, 7) is 4.01. The Hall–Kier alpha value is -1.16. The maximum absolute atomic E-state index is 6.30. The van der Waals surface area contributed by atoms with Crippen LogP contribution >= 0.6 is 34.5 Å². The van der Waals surface area contributed by atoms with Crippen molar-refractivity contribution in [2.24, 2.45) is 0 Å². The molecule has 2 heterocycles. The average molecular weight is 309 g/mol. The van der Waals surface area contributed by atoms with Gasteiger partial charge in [0.1, 0.15) is 5.15 Å². The highest BCUT2D eigenvalue weighted by Crippen LogP contribution is 2.33. The Balaban J connectivity index is 2.37. The predicted octanol–water partition coefficient (Wildman–Crippen LogP) is 5.28. The van der Waals surface area contributed by atoms with Crippen LogP contribution in [0, 0.1) is 13.8 Å². The third-order valence-corrected chi connectivity index (χ3v) is 4.50. The maximum atomic E-state index is 6.30. The number of aromatic nitrogens is 2. The van der Waals surface area contributed by atoms with Gasteiger partial charge in [0.2, 0.25) is 0 Å². The molecule has 0 amide bonds. The molecule has 3 rings (SSSR count). The lowest BCUT2D eigenvalue weighted by atomic mass is 10.1. The van der Waals surface area contributed by atoms with Crippen LogP contribution < -0.4 is 0 Å². The molecule has 2 aromatic heterocycles. The summed E-state index contributed by atoms with van der Waals surface area (Å²) in [4.78, 5) is 8.99. The minimum atomic E-state index is 0.450. The van der Waals surface area contributed by atoms with Crippen molar-refractivity contribution in [1.82, 2.24) is 9.97 Å². The molecule has 2 nitrogen and oxygen atoms in total. The molecule has 0 N–H and O–H groups in total. The smallest absolute Gasteiger partial charge is 0.162 e. The maximum Gasteiger partial charge on any atom is 0.162 e. The van der Waals surface area contributed by atoms with Crippen LogP contribution in [0.15, 0.2) is 22.9 Å². The molecular formula is C14H10Cl2N2S. The number of fused-ring (bicyclic) bond motifs is 1. The largest absolute Gasteiger partial charge is 0.226 e. The number of benzene rings is 1. The molecule has 19 heavy (non-hydrogen) atoms. The molecule has 0 saturated carbocycles. The summed E-state index contributed by atoms with van der Waals surface area (Å²) < 4.78 is 0. The van der Waals surface area contributed by atoms with Crippen molar-refractivity contribution in [2.45, 2.75) is 13.8 Å². The molecule has 5 heteroatoms. The van der Waals surface area contributed by atoms with Crippen molar-refractivity contribution >= 4 is 45.4 Å². The molecule has 0 spiro atoms. The summed E-state index contributed by atoms with van der Waals surface area (Å²) in [6.07, 6.45) is 0. The number of rotatable bonds is 1. The zero-order chi connectivity index (χ0) is 13.6. The Kier molecular flexibility index (Phi) is 3.21. The van der Waals surface area contributed by atoms with Gasteiger partial charge >= 0.3 is 0 Å². The lowest BCUT2D eigenvalue weighted by Crippen LogP contribution is -1.94. The number of hydrogen-bond acceptors (Lipinski definition) is 3. The second-order valence-corrected chi connectivity index (χ2v) is 5.90. The zero-order valence-electron chi connectivity index (χ0n) is 10.4. The van der Waals surface area contributed by atoms with Crippen LogP contribution in [-0.4, -0.2) is 9.97 Å². The number of nitrogens with zero attached hydrogens (tertiary/aromatic N) is 2. The van der Waals surface area contributed by atoms with Crippen LogP contribution in [0.4, 0.5) is 0 Å². The Morgan fingerprint density at radius 2 is 1.79 bits per heavy atom. The van der Waals surface area contributed by atoms with Crippen molar-refractivity contribution in [1.29, 1.82) is 0 Å². The van der Waals surface area contributed by atoms with Crippen molar-refractivity contribution < 1.29 is 0 Å². The quantitative estimate of drug-likeness (QED) is 0.571. The van der Waals surface area contributed by atoms with E-state index in [9.17, 15) is 0 Å². The fourth-order valence-corrected chi connectivity index (χ4v) is 3.37. The first-order valence-electron chi connectivity index (χ1n) is 5.73. The summed E-state index contributed by atoms with van der Waals surface area (Å²) >= 11 is 14.2. The van der Waals surface area contributed by atoms with E-state index in [1.807, 2.05) is 31.4 Å². The fourth-order valence-electron chi connectivity index (χ4n) is 2.03. The minimum Gasteiger partial charge on any atom is -0.226 e. The fraction of sp³-hybridized carbons (Fsp3) is 0.143. The van der Waals surface area contributed by atoms with Crippen molar-refractivity contribution in [2.75, 3.05) is 0 Å². The van der Waals surface area contributed by atoms with E-state index < -0.39 is 0 Å². The van der Waals surface area contributed by atoms with Gasteiger partial charge in [0.05, 0.1) is 10.5 Å². The molecule has 96 valence electrons. The van der Waals surface area contributed by atoms with E-state index in [4.69, 9.17) is 23.2 Å². The molecule has 0 aliphatic carbocycles. The van der Waals surface area contributed by atoms with Crippen LogP contribution in [0.1, 0.15) is 11.1 Å². The average Bonchev–Trinajstić information content (AvgIpc) is 2.79. The van der Waals surface area contributed by atoms with Crippen LogP contribution in [0.3, 0.4) is 0 Å². The molecule has 0 unspecified atom stereocenters. The second-order valence-electron chi connectivity index (χ2n) is 4.39. The van der Waals surface area contributed by atoms with E-state index in [-0.39, 0.29) is 0 Å². The molecule has 3 aromatic rings. The molecule has 0 saturated heterocycles. The van der Waals surface area contributed by atoms with E-state index in [2.05, 4.69) is 15.3 Å². The van der Waals surface area contributed by atoms with Crippen molar-refractivity contribution in [3.8, 4) is 11.4 Å². The van der Waals surface area contributed by atoms with Gasteiger partial charge in [-0.2, -0.15) is 11.3 Å². The third kappa shape index (κ3) is 2.12. The number of halogens is 2. The Morgan fingerprint density at radius 1 is 1.00 bits per heavy atom. The standard InChI is InChI=1S/C14H10Cl2N2S/c1-7-3-4-10(15)12-11(7)13(16)18-14(17-12)9-6-19-5-8(9)2/h3-6H,1-2H3. The molecule has 0 aliphatic rings. The summed E-state index contributed by atoms with van der Waals surface area (Å²) in [7, 11) is 0. The van der Waals surface area contributed by atoms with Crippen molar-refractivity contribution in [3.05, 3.63) is 44.2 Å². The second kappa shape index (κ2) is 4.75. The molecule has 0 radical (unpaired) electrons. The lowest BCUT2D eigenvalue weighted by Gasteiger charge is -2.08. The van der Waals surface area contributed by atoms with Gasteiger partial charge in [-0.1, -0.05) is 29.3 Å². The zero-order valence-corrected chi connectivity index (χ0v) is 12.7. The van der Waals surface area contributed by atoms with Crippen LogP contribution in [-0.2, 0) is 0 Å². The molecule has 1 aromatic carbocycles. The molecule has 0 fully saturated rings. The minimum absolute atomic E-state index is 0.450. The Bertz CT molecular complexity index is 780. The van der Waals surface area contributed by atoms with Crippen LogP contribution in [0.25, 0.3) is 22.3 Å². The summed E-state index contributed by atoms with van der Waals surface area (Å²) in [5, 5.41) is 5.96. The van der Waals surface area contributed by atoms with E-state index in [1.54, 1.807) is 11.3 Å². The normalized spacial score (nSPS) is 11.2. The summed E-state index contributed by atoms with van der Waals surface area (Å²) in [6, 6.07) is 3.77. The van der Waals surface area contributed by atoms with E-state index in [0.29, 0.717) is 21.5 Å². The number of hydrogen-bond donors (Lipinski definition) is 0. The monoisotopic (exact) mass is 308 g/mol. The first-order chi connectivity index (χ1) is 9.08. The van der Waals surface area contributed by atoms with Crippen molar-refractivity contribution in [3.63, 3.8) is 0 Å². The van der Waals surface area contributed by atoms with Gasteiger partial charge < -0.3 is 0 Å². The highest BCUT2D eigenvalue weighted by Gasteiger charge is 2.14. The van der Waals surface area contributed by atoms with Gasteiger partial charge in [0.15, 0.2) is 5.82 Å². The third-order valence-electron chi connectivity index (χ3n) is 3.06. The highest BCUT2D eigenvalue weighted by atomic mass is 35.5. The topological polar surface area (TPSA) is 25.8 Å². The van der Waals surface area contributed by atoms with E-state index >= 15 is 0 Å². The van der Waals surface area contributed by atoms with Gasteiger partial charge in [-0.25, -0.2) is 9.97 Å². The Morgan fingerprint density at radius 3 is 2.47 bits per heavy atom. The molecule has 0 bridgehead atoms. The molecule has 0 aliphatic heterocycles. The van der Waals surface area contributed by atoms with E-state index in [0.717, 1.165) is 22.1 Å². The van der Waals surface area contributed by atoms with Gasteiger partial charge in [-0.3, -0.25) is 0 Å². The van der Waals surface area contributed by atoms with Gasteiger partial charge in [0.25, 0.3) is 0 Å².